The predicted molar refractivity (Wildman–Crippen MR) is 101 cm³/mol. The number of amides is 1. The Balaban J connectivity index is 1.48. The number of carbonyl (C=O) groups excluding carboxylic acids is 1. The van der Waals surface area contributed by atoms with Gasteiger partial charge in [-0.2, -0.15) is 5.10 Å². The van der Waals surface area contributed by atoms with Gasteiger partial charge in [0.05, 0.1) is 11.8 Å². The summed E-state index contributed by atoms with van der Waals surface area (Å²) in [6.45, 7) is 2.25. The fourth-order valence-electron chi connectivity index (χ4n) is 3.68. The van der Waals surface area contributed by atoms with Gasteiger partial charge in [0, 0.05) is 53.5 Å². The lowest BCUT2D eigenvalue weighted by Crippen LogP contribution is -2.43. The maximum atomic E-state index is 15.5. The van der Waals surface area contributed by atoms with Gasteiger partial charge in [-0.3, -0.25) is 9.89 Å². The fourth-order valence-corrected chi connectivity index (χ4v) is 4.55. The van der Waals surface area contributed by atoms with E-state index in [0.717, 1.165) is 10.4 Å². The Kier molecular flexibility index (Phi) is 4.55. The molecule has 0 unspecified atom stereocenters. The van der Waals surface area contributed by atoms with Gasteiger partial charge in [-0.15, -0.1) is 11.3 Å². The third kappa shape index (κ3) is 3.27. The van der Waals surface area contributed by atoms with Crippen molar-refractivity contribution in [3.8, 4) is 10.4 Å². The molecule has 1 aliphatic rings. The summed E-state index contributed by atoms with van der Waals surface area (Å²) in [6, 6.07) is 6.44. The Hall–Kier alpha value is -2.54. The number of aromatic nitrogens is 2. The molecular formula is C20H19F2N3OS. The number of nitrogens with zero attached hydrogens (tertiary/aromatic N) is 2. The lowest BCUT2D eigenvalue weighted by molar-refractivity contribution is 0.0404. The van der Waals surface area contributed by atoms with Crippen LogP contribution in [-0.2, 0) is 5.67 Å². The summed E-state index contributed by atoms with van der Waals surface area (Å²) in [5.41, 5.74) is 0.526. The van der Waals surface area contributed by atoms with Crippen LogP contribution < -0.4 is 0 Å². The van der Waals surface area contributed by atoms with E-state index in [-0.39, 0.29) is 37.4 Å². The number of benzene rings is 1. The van der Waals surface area contributed by atoms with Crippen LogP contribution in [0.25, 0.3) is 10.4 Å². The zero-order valence-corrected chi connectivity index (χ0v) is 15.7. The molecule has 1 amide bonds. The van der Waals surface area contributed by atoms with E-state index in [0.29, 0.717) is 11.1 Å². The summed E-state index contributed by atoms with van der Waals surface area (Å²) in [5, 5.41) is 8.48. The number of alkyl halides is 1. The molecule has 4 nitrogen and oxygen atoms in total. The van der Waals surface area contributed by atoms with Crippen LogP contribution in [0.15, 0.2) is 42.0 Å². The third-order valence-corrected chi connectivity index (χ3v) is 6.12. The van der Waals surface area contributed by atoms with Gasteiger partial charge >= 0.3 is 0 Å². The molecule has 0 spiro atoms. The minimum atomic E-state index is -1.73. The molecule has 1 aliphatic heterocycles. The highest BCUT2D eigenvalue weighted by Crippen LogP contribution is 2.40. The first-order valence-corrected chi connectivity index (χ1v) is 9.67. The van der Waals surface area contributed by atoms with E-state index in [1.807, 2.05) is 11.4 Å². The minimum absolute atomic E-state index is 0.0965. The Morgan fingerprint density at radius 1 is 1.33 bits per heavy atom. The second-order valence-corrected chi connectivity index (χ2v) is 7.79. The largest absolute Gasteiger partial charge is 0.338 e. The number of hydrogen-bond acceptors (Lipinski definition) is 3. The molecule has 0 radical (unpaired) electrons. The lowest BCUT2D eigenvalue weighted by atomic mass is 9.83. The number of aromatic amines is 1. The maximum Gasteiger partial charge on any atom is 0.254 e. The molecule has 2 aromatic heterocycles. The summed E-state index contributed by atoms with van der Waals surface area (Å²) < 4.78 is 29.7. The van der Waals surface area contributed by atoms with E-state index in [1.165, 1.54) is 17.4 Å². The lowest BCUT2D eigenvalue weighted by Gasteiger charge is -2.37. The summed E-state index contributed by atoms with van der Waals surface area (Å²) in [4.78, 5) is 15.4. The molecule has 3 heterocycles. The molecule has 1 saturated heterocycles. The average molecular weight is 387 g/mol. The Labute approximate surface area is 159 Å². The number of thiophene rings is 1. The molecule has 27 heavy (non-hydrogen) atoms. The van der Waals surface area contributed by atoms with Crippen LogP contribution in [0, 0.1) is 12.7 Å². The topological polar surface area (TPSA) is 49.0 Å². The molecule has 0 saturated carbocycles. The monoisotopic (exact) mass is 387 g/mol. The van der Waals surface area contributed by atoms with Crippen molar-refractivity contribution < 1.29 is 13.6 Å². The number of piperidine rings is 1. The van der Waals surface area contributed by atoms with Crippen LogP contribution in [0.1, 0.15) is 34.3 Å². The first-order chi connectivity index (χ1) is 13.0. The quantitative estimate of drug-likeness (QED) is 0.709. The van der Waals surface area contributed by atoms with E-state index >= 15 is 4.39 Å². The zero-order chi connectivity index (χ0) is 19.0. The van der Waals surface area contributed by atoms with Crippen molar-refractivity contribution in [3.05, 3.63) is 64.5 Å². The first kappa shape index (κ1) is 17.9. The van der Waals surface area contributed by atoms with Crippen molar-refractivity contribution in [2.24, 2.45) is 0 Å². The number of nitrogens with one attached hydrogen (secondary N) is 1. The summed E-state index contributed by atoms with van der Waals surface area (Å²) >= 11 is 1.47. The van der Waals surface area contributed by atoms with E-state index in [4.69, 9.17) is 0 Å². The predicted octanol–water partition coefficient (Wildman–Crippen LogP) is 4.69. The molecule has 0 bridgehead atoms. The normalized spacial score (nSPS) is 16.5. The van der Waals surface area contributed by atoms with E-state index < -0.39 is 11.5 Å². The number of halogens is 2. The van der Waals surface area contributed by atoms with E-state index in [1.54, 1.807) is 36.4 Å². The van der Waals surface area contributed by atoms with Crippen LogP contribution >= 0.6 is 11.3 Å². The number of hydrogen-bond donors (Lipinski definition) is 1. The van der Waals surface area contributed by atoms with Crippen molar-refractivity contribution in [2.45, 2.75) is 25.4 Å². The molecule has 140 valence electrons. The summed E-state index contributed by atoms with van der Waals surface area (Å²) in [5.74, 6) is -0.631. The highest BCUT2D eigenvalue weighted by Gasteiger charge is 2.40. The van der Waals surface area contributed by atoms with Crippen LogP contribution in [0.3, 0.4) is 0 Å². The SMILES string of the molecule is Cc1cccc(F)c1C1(F)CCN(C(=O)c2csc(-c3cn[nH]c3)c2)CC1. The van der Waals surface area contributed by atoms with Gasteiger partial charge < -0.3 is 4.90 Å². The number of carbonyl (C=O) groups is 1. The zero-order valence-electron chi connectivity index (χ0n) is 14.8. The fraction of sp³-hybridized carbons (Fsp3) is 0.300. The van der Waals surface area contributed by atoms with Crippen LogP contribution in [0.2, 0.25) is 0 Å². The van der Waals surface area contributed by atoms with Gasteiger partial charge in [0.25, 0.3) is 5.91 Å². The minimum Gasteiger partial charge on any atom is -0.338 e. The second-order valence-electron chi connectivity index (χ2n) is 6.88. The molecular weight excluding hydrogens is 368 g/mol. The first-order valence-electron chi connectivity index (χ1n) is 8.79. The van der Waals surface area contributed by atoms with Crippen molar-refractivity contribution >= 4 is 17.2 Å². The highest BCUT2D eigenvalue weighted by molar-refractivity contribution is 7.13. The summed E-state index contributed by atoms with van der Waals surface area (Å²) in [6.07, 6.45) is 3.67. The van der Waals surface area contributed by atoms with E-state index in [2.05, 4.69) is 10.2 Å². The number of rotatable bonds is 3. The van der Waals surface area contributed by atoms with Gasteiger partial charge in [0.1, 0.15) is 11.5 Å². The van der Waals surface area contributed by atoms with Crippen molar-refractivity contribution in [1.82, 2.24) is 15.1 Å². The average Bonchev–Trinajstić information content (AvgIpc) is 3.33. The molecule has 0 atom stereocenters. The molecule has 3 aromatic rings. The molecule has 0 aliphatic carbocycles. The molecule has 4 rings (SSSR count). The van der Waals surface area contributed by atoms with E-state index in [9.17, 15) is 9.18 Å². The Morgan fingerprint density at radius 2 is 2.11 bits per heavy atom. The number of aryl methyl sites for hydroxylation is 1. The van der Waals surface area contributed by atoms with Crippen molar-refractivity contribution in [3.63, 3.8) is 0 Å². The van der Waals surface area contributed by atoms with Crippen LogP contribution in [0.4, 0.5) is 8.78 Å². The van der Waals surface area contributed by atoms with Gasteiger partial charge in [-0.05, 0) is 24.6 Å². The molecule has 7 heteroatoms. The van der Waals surface area contributed by atoms with Gasteiger partial charge in [0.2, 0.25) is 0 Å². The number of H-pyrrole nitrogens is 1. The van der Waals surface area contributed by atoms with Crippen molar-refractivity contribution in [1.29, 1.82) is 0 Å². The van der Waals surface area contributed by atoms with Gasteiger partial charge in [-0.1, -0.05) is 12.1 Å². The van der Waals surface area contributed by atoms with Gasteiger partial charge in [-0.25, -0.2) is 8.78 Å². The maximum absolute atomic E-state index is 15.5. The Morgan fingerprint density at radius 3 is 2.78 bits per heavy atom. The smallest absolute Gasteiger partial charge is 0.254 e. The second kappa shape index (κ2) is 6.88. The van der Waals surface area contributed by atoms with Crippen molar-refractivity contribution in [2.75, 3.05) is 13.1 Å². The molecule has 1 aromatic carbocycles. The van der Waals surface area contributed by atoms with Crippen LogP contribution in [-0.4, -0.2) is 34.1 Å². The number of likely N-dealkylation sites (tertiary alicyclic amines) is 1. The molecule has 1 N–H and O–H groups in total. The molecule has 1 fully saturated rings. The summed E-state index contributed by atoms with van der Waals surface area (Å²) in [7, 11) is 0. The third-order valence-electron chi connectivity index (χ3n) is 5.14. The Bertz CT molecular complexity index is 939. The highest BCUT2D eigenvalue weighted by atomic mass is 32.1. The standard InChI is InChI=1S/C20H19F2N3OS/c1-13-3-2-4-16(21)18(13)20(22)5-7-25(8-6-20)19(26)14-9-17(27-12-14)15-10-23-24-11-15/h2-4,9-12H,5-8H2,1H3,(H,23,24). The van der Waals surface area contributed by atoms with Gasteiger partial charge in [0.15, 0.2) is 0 Å². The van der Waals surface area contributed by atoms with Crippen LogP contribution in [0.5, 0.6) is 0 Å².